The number of anilines is 1. The molecular formula is C18H20N4O3. The molecule has 0 bridgehead atoms. The van der Waals surface area contributed by atoms with Crippen LogP contribution in [0, 0.1) is 20.8 Å². The number of aryl methyl sites for hydroxylation is 3. The summed E-state index contributed by atoms with van der Waals surface area (Å²) in [6.45, 7) is 7.31. The molecule has 130 valence electrons. The number of nitrogens with zero attached hydrogens (tertiary/aromatic N) is 3. The Morgan fingerprint density at radius 2 is 1.92 bits per heavy atom. The molecule has 0 aliphatic heterocycles. The highest BCUT2D eigenvalue weighted by molar-refractivity contribution is 5.93. The van der Waals surface area contributed by atoms with E-state index < -0.39 is 11.6 Å². The predicted octanol–water partition coefficient (Wildman–Crippen LogP) is 2.90. The van der Waals surface area contributed by atoms with E-state index in [0.717, 1.165) is 5.56 Å². The first-order valence-corrected chi connectivity index (χ1v) is 8.15. The lowest BCUT2D eigenvalue weighted by molar-refractivity contribution is -0.119. The monoisotopic (exact) mass is 340 g/mol. The second kappa shape index (κ2) is 6.51. The van der Waals surface area contributed by atoms with E-state index in [0.29, 0.717) is 28.9 Å². The van der Waals surface area contributed by atoms with Crippen LogP contribution in [0.15, 0.2) is 33.6 Å². The summed E-state index contributed by atoms with van der Waals surface area (Å²) in [6, 6.07) is 6.75. The van der Waals surface area contributed by atoms with Gasteiger partial charge in [0.15, 0.2) is 5.52 Å². The van der Waals surface area contributed by atoms with E-state index in [-0.39, 0.29) is 11.4 Å². The quantitative estimate of drug-likeness (QED) is 0.788. The van der Waals surface area contributed by atoms with E-state index in [9.17, 15) is 9.59 Å². The molecule has 1 aromatic carbocycles. The van der Waals surface area contributed by atoms with Crippen molar-refractivity contribution in [3.05, 3.63) is 51.6 Å². The van der Waals surface area contributed by atoms with Gasteiger partial charge in [0.05, 0.1) is 11.1 Å². The molecule has 0 saturated heterocycles. The SMILES string of the molecule is CCC(C(=O)Nc1ccc(C)cc1)n1nc(C)c2c(C)onc2c1=O. The highest BCUT2D eigenvalue weighted by Gasteiger charge is 2.24. The van der Waals surface area contributed by atoms with Gasteiger partial charge in [-0.05, 0) is 39.3 Å². The Balaban J connectivity index is 1.99. The van der Waals surface area contributed by atoms with Crippen molar-refractivity contribution in [2.24, 2.45) is 0 Å². The molecule has 1 unspecified atom stereocenters. The molecule has 7 heteroatoms. The van der Waals surface area contributed by atoms with Gasteiger partial charge < -0.3 is 9.84 Å². The Bertz CT molecular complexity index is 986. The molecule has 25 heavy (non-hydrogen) atoms. The molecule has 7 nitrogen and oxygen atoms in total. The zero-order valence-corrected chi connectivity index (χ0v) is 14.7. The van der Waals surface area contributed by atoms with Crippen LogP contribution in [0.4, 0.5) is 5.69 Å². The smallest absolute Gasteiger partial charge is 0.297 e. The fraction of sp³-hybridized carbons (Fsp3) is 0.333. The van der Waals surface area contributed by atoms with Crippen LogP contribution in [0.2, 0.25) is 0 Å². The van der Waals surface area contributed by atoms with Gasteiger partial charge in [0, 0.05) is 5.69 Å². The zero-order chi connectivity index (χ0) is 18.1. The number of carbonyl (C=O) groups excluding carboxylic acids is 1. The van der Waals surface area contributed by atoms with E-state index in [1.54, 1.807) is 13.8 Å². The second-order valence-electron chi connectivity index (χ2n) is 6.08. The van der Waals surface area contributed by atoms with Gasteiger partial charge >= 0.3 is 0 Å². The third-order valence-corrected chi connectivity index (χ3v) is 4.20. The summed E-state index contributed by atoms with van der Waals surface area (Å²) < 4.78 is 6.31. The Kier molecular flexibility index (Phi) is 4.39. The molecule has 1 atom stereocenters. The normalized spacial score (nSPS) is 12.3. The van der Waals surface area contributed by atoms with Gasteiger partial charge in [0.2, 0.25) is 5.91 Å². The van der Waals surface area contributed by atoms with E-state index in [4.69, 9.17) is 4.52 Å². The van der Waals surface area contributed by atoms with Gasteiger partial charge in [-0.1, -0.05) is 29.8 Å². The average Bonchev–Trinajstić information content (AvgIpc) is 2.97. The molecule has 3 rings (SSSR count). The fourth-order valence-corrected chi connectivity index (χ4v) is 2.85. The topological polar surface area (TPSA) is 90.0 Å². The van der Waals surface area contributed by atoms with E-state index in [1.807, 2.05) is 38.1 Å². The molecule has 1 amide bonds. The van der Waals surface area contributed by atoms with Crippen molar-refractivity contribution in [2.45, 2.75) is 40.2 Å². The standard InChI is InChI=1S/C18H20N4O3/c1-5-14(17(23)19-13-8-6-10(2)7-9-13)22-18(24)16-15(11(3)20-22)12(4)25-21-16/h6-9,14H,5H2,1-4H3,(H,19,23). The Labute approximate surface area is 144 Å². The summed E-state index contributed by atoms with van der Waals surface area (Å²) in [4.78, 5) is 25.4. The van der Waals surface area contributed by atoms with Crippen LogP contribution in [0.25, 0.3) is 10.9 Å². The summed E-state index contributed by atoms with van der Waals surface area (Å²) >= 11 is 0. The van der Waals surface area contributed by atoms with Crippen molar-refractivity contribution in [3.63, 3.8) is 0 Å². The zero-order valence-electron chi connectivity index (χ0n) is 14.7. The number of hydrogen-bond acceptors (Lipinski definition) is 5. The molecule has 3 aromatic rings. The number of aromatic nitrogens is 3. The molecule has 0 fully saturated rings. The van der Waals surface area contributed by atoms with E-state index in [2.05, 4.69) is 15.6 Å². The lowest BCUT2D eigenvalue weighted by Gasteiger charge is -2.17. The van der Waals surface area contributed by atoms with Crippen LogP contribution in [0.3, 0.4) is 0 Å². The number of hydrogen-bond donors (Lipinski definition) is 1. The van der Waals surface area contributed by atoms with Crippen LogP contribution in [0.1, 0.15) is 36.4 Å². The first-order valence-electron chi connectivity index (χ1n) is 8.15. The summed E-state index contributed by atoms with van der Waals surface area (Å²) in [5, 5.41) is 11.6. The Morgan fingerprint density at radius 3 is 2.56 bits per heavy atom. The predicted molar refractivity (Wildman–Crippen MR) is 94.7 cm³/mol. The fourth-order valence-electron chi connectivity index (χ4n) is 2.85. The summed E-state index contributed by atoms with van der Waals surface area (Å²) in [5.74, 6) is 0.251. The lowest BCUT2D eigenvalue weighted by Crippen LogP contribution is -2.35. The van der Waals surface area contributed by atoms with Gasteiger partial charge in [-0.15, -0.1) is 0 Å². The largest absolute Gasteiger partial charge is 0.360 e. The molecule has 0 radical (unpaired) electrons. The molecule has 0 spiro atoms. The third-order valence-electron chi connectivity index (χ3n) is 4.20. The first kappa shape index (κ1) is 16.9. The molecular weight excluding hydrogens is 320 g/mol. The van der Waals surface area contributed by atoms with Crippen molar-refractivity contribution in [1.29, 1.82) is 0 Å². The molecule has 0 aliphatic rings. The highest BCUT2D eigenvalue weighted by Crippen LogP contribution is 2.19. The van der Waals surface area contributed by atoms with Crippen LogP contribution in [-0.2, 0) is 4.79 Å². The maximum absolute atomic E-state index is 12.7. The molecule has 0 saturated carbocycles. The van der Waals surface area contributed by atoms with Crippen molar-refractivity contribution < 1.29 is 9.32 Å². The number of rotatable bonds is 4. The van der Waals surface area contributed by atoms with Crippen molar-refractivity contribution >= 4 is 22.5 Å². The minimum Gasteiger partial charge on any atom is -0.360 e. The third kappa shape index (κ3) is 3.05. The van der Waals surface area contributed by atoms with Gasteiger partial charge in [-0.3, -0.25) is 9.59 Å². The summed E-state index contributed by atoms with van der Waals surface area (Å²) in [5.41, 5.74) is 2.16. The minimum absolute atomic E-state index is 0.201. The second-order valence-corrected chi connectivity index (χ2v) is 6.08. The number of fused-ring (bicyclic) bond motifs is 1. The maximum Gasteiger partial charge on any atom is 0.297 e. The number of amides is 1. The van der Waals surface area contributed by atoms with Crippen LogP contribution >= 0.6 is 0 Å². The highest BCUT2D eigenvalue weighted by atomic mass is 16.5. The van der Waals surface area contributed by atoms with Gasteiger partial charge in [-0.25, -0.2) is 4.68 Å². The molecule has 2 aromatic heterocycles. The number of carbonyl (C=O) groups is 1. The van der Waals surface area contributed by atoms with Gasteiger partial charge in [0.25, 0.3) is 5.56 Å². The molecule has 0 aliphatic carbocycles. The molecule has 1 N–H and O–H groups in total. The van der Waals surface area contributed by atoms with Crippen molar-refractivity contribution in [1.82, 2.24) is 14.9 Å². The van der Waals surface area contributed by atoms with Gasteiger partial charge in [-0.2, -0.15) is 5.10 Å². The van der Waals surface area contributed by atoms with E-state index in [1.165, 1.54) is 4.68 Å². The molecule has 2 heterocycles. The summed E-state index contributed by atoms with van der Waals surface area (Å²) in [7, 11) is 0. The average molecular weight is 340 g/mol. The maximum atomic E-state index is 12.7. The van der Waals surface area contributed by atoms with Crippen molar-refractivity contribution in [3.8, 4) is 0 Å². The van der Waals surface area contributed by atoms with Crippen LogP contribution in [0.5, 0.6) is 0 Å². The van der Waals surface area contributed by atoms with Gasteiger partial charge in [0.1, 0.15) is 11.8 Å². The minimum atomic E-state index is -0.728. The van der Waals surface area contributed by atoms with Crippen molar-refractivity contribution in [2.75, 3.05) is 5.32 Å². The lowest BCUT2D eigenvalue weighted by atomic mass is 10.1. The first-order chi connectivity index (χ1) is 11.9. The van der Waals surface area contributed by atoms with Crippen LogP contribution < -0.4 is 10.9 Å². The number of nitrogens with one attached hydrogen (secondary N) is 1. The number of benzene rings is 1. The Morgan fingerprint density at radius 1 is 1.24 bits per heavy atom. The van der Waals surface area contributed by atoms with E-state index >= 15 is 0 Å². The Hall–Kier alpha value is -2.96. The summed E-state index contributed by atoms with van der Waals surface area (Å²) in [6.07, 6.45) is 0.423. The van der Waals surface area contributed by atoms with Crippen LogP contribution in [-0.4, -0.2) is 20.8 Å².